The predicted octanol–water partition coefficient (Wildman–Crippen LogP) is 2.66. The van der Waals surface area contributed by atoms with Gasteiger partial charge in [-0.15, -0.1) is 0 Å². The van der Waals surface area contributed by atoms with Crippen LogP contribution >= 0.6 is 0 Å². The van der Waals surface area contributed by atoms with Crippen molar-refractivity contribution >= 4 is 28.5 Å². The number of hydrogen-bond acceptors (Lipinski definition) is 6. The number of para-hydroxylation sites is 2. The number of pyridine rings is 1. The van der Waals surface area contributed by atoms with E-state index in [9.17, 15) is 19.7 Å². The molecule has 0 radical (unpaired) electrons. The maximum Gasteiger partial charge on any atom is 0.328 e. The molecule has 0 bridgehead atoms. The molecule has 1 heterocycles. The van der Waals surface area contributed by atoms with Crippen LogP contribution < -0.4 is 5.32 Å². The number of methoxy groups -OCH3 is 1. The van der Waals surface area contributed by atoms with Crippen LogP contribution in [-0.4, -0.2) is 34.9 Å². The van der Waals surface area contributed by atoms with Gasteiger partial charge < -0.3 is 10.1 Å². The van der Waals surface area contributed by atoms with Gasteiger partial charge in [-0.3, -0.25) is 14.9 Å². The minimum absolute atomic E-state index is 0.0802. The van der Waals surface area contributed by atoms with E-state index in [-0.39, 0.29) is 17.8 Å². The van der Waals surface area contributed by atoms with E-state index in [1.54, 1.807) is 24.3 Å². The number of nitro groups is 1. The molecular weight excluding hydrogens is 362 g/mol. The fourth-order valence-corrected chi connectivity index (χ4v) is 2.84. The van der Waals surface area contributed by atoms with Crippen molar-refractivity contribution in [3.8, 4) is 0 Å². The van der Waals surface area contributed by atoms with Crippen molar-refractivity contribution in [1.29, 1.82) is 0 Å². The van der Waals surface area contributed by atoms with E-state index in [1.807, 2.05) is 18.2 Å². The SMILES string of the molecule is COC(=O)[C@H](Cc1ccccc1[N+](=O)[O-])NC(=O)c1ccc2ccccc2n1. The molecule has 1 amide bonds. The summed E-state index contributed by atoms with van der Waals surface area (Å²) < 4.78 is 4.75. The standard InChI is InChI=1S/C20H17N3O5/c1-28-20(25)17(12-14-7-3-5-9-18(14)23(26)27)22-19(24)16-11-10-13-6-2-4-8-15(13)21-16/h2-11,17H,12H2,1H3,(H,22,24)/t17-/m0/s1. The molecule has 28 heavy (non-hydrogen) atoms. The van der Waals surface area contributed by atoms with Crippen LogP contribution in [0.2, 0.25) is 0 Å². The topological polar surface area (TPSA) is 111 Å². The number of amides is 1. The van der Waals surface area contributed by atoms with Gasteiger partial charge in [0.05, 0.1) is 17.5 Å². The number of aromatic nitrogens is 1. The summed E-state index contributed by atoms with van der Waals surface area (Å²) in [4.78, 5) is 39.7. The van der Waals surface area contributed by atoms with Crippen molar-refractivity contribution in [2.45, 2.75) is 12.5 Å². The number of ether oxygens (including phenoxy) is 1. The number of nitro benzene ring substituents is 1. The Kier molecular flexibility index (Phi) is 5.59. The first-order chi connectivity index (χ1) is 13.5. The van der Waals surface area contributed by atoms with E-state index < -0.39 is 22.8 Å². The molecule has 0 saturated carbocycles. The van der Waals surface area contributed by atoms with Crippen LogP contribution in [0.5, 0.6) is 0 Å². The first-order valence-electron chi connectivity index (χ1n) is 8.46. The molecule has 0 saturated heterocycles. The van der Waals surface area contributed by atoms with Gasteiger partial charge in [0.1, 0.15) is 11.7 Å². The molecule has 2 aromatic carbocycles. The van der Waals surface area contributed by atoms with E-state index in [0.29, 0.717) is 11.1 Å². The van der Waals surface area contributed by atoms with Crippen LogP contribution in [0.15, 0.2) is 60.7 Å². The van der Waals surface area contributed by atoms with Crippen molar-refractivity contribution in [1.82, 2.24) is 10.3 Å². The molecule has 0 fully saturated rings. The maximum absolute atomic E-state index is 12.6. The molecule has 1 aromatic heterocycles. The Morgan fingerprint density at radius 1 is 1.11 bits per heavy atom. The minimum Gasteiger partial charge on any atom is -0.467 e. The Balaban J connectivity index is 1.85. The third kappa shape index (κ3) is 4.12. The fourth-order valence-electron chi connectivity index (χ4n) is 2.84. The van der Waals surface area contributed by atoms with Crippen molar-refractivity contribution in [3.63, 3.8) is 0 Å². The van der Waals surface area contributed by atoms with Gasteiger partial charge >= 0.3 is 5.97 Å². The molecule has 0 unspecified atom stereocenters. The van der Waals surface area contributed by atoms with Gasteiger partial charge in [0.15, 0.2) is 0 Å². The number of nitrogens with one attached hydrogen (secondary N) is 1. The zero-order chi connectivity index (χ0) is 20.1. The number of rotatable bonds is 6. The lowest BCUT2D eigenvalue weighted by molar-refractivity contribution is -0.385. The molecule has 142 valence electrons. The van der Waals surface area contributed by atoms with Crippen molar-refractivity contribution in [3.05, 3.63) is 82.0 Å². The Morgan fingerprint density at radius 2 is 1.82 bits per heavy atom. The Bertz CT molecular complexity index is 1050. The highest BCUT2D eigenvalue weighted by Gasteiger charge is 2.26. The second-order valence-corrected chi connectivity index (χ2v) is 6.03. The van der Waals surface area contributed by atoms with Crippen LogP contribution in [0, 0.1) is 10.1 Å². The first kappa shape index (κ1) is 19.0. The quantitative estimate of drug-likeness (QED) is 0.400. The molecule has 1 N–H and O–H groups in total. The number of benzene rings is 2. The average Bonchev–Trinajstić information content (AvgIpc) is 2.72. The zero-order valence-electron chi connectivity index (χ0n) is 15.0. The van der Waals surface area contributed by atoms with Gasteiger partial charge in [0, 0.05) is 23.4 Å². The van der Waals surface area contributed by atoms with E-state index in [1.165, 1.54) is 25.3 Å². The predicted molar refractivity (Wildman–Crippen MR) is 102 cm³/mol. The highest BCUT2D eigenvalue weighted by Crippen LogP contribution is 2.20. The third-order valence-corrected chi connectivity index (χ3v) is 4.23. The van der Waals surface area contributed by atoms with Crippen LogP contribution in [0.1, 0.15) is 16.1 Å². The molecule has 8 heteroatoms. The smallest absolute Gasteiger partial charge is 0.328 e. The monoisotopic (exact) mass is 379 g/mol. The van der Waals surface area contributed by atoms with Gasteiger partial charge in [-0.1, -0.05) is 42.5 Å². The number of hydrogen-bond donors (Lipinski definition) is 1. The average molecular weight is 379 g/mol. The molecule has 0 spiro atoms. The van der Waals surface area contributed by atoms with E-state index in [2.05, 4.69) is 10.3 Å². The Morgan fingerprint density at radius 3 is 2.57 bits per heavy atom. The lowest BCUT2D eigenvalue weighted by Crippen LogP contribution is -2.43. The lowest BCUT2D eigenvalue weighted by Gasteiger charge is -2.16. The molecule has 0 aliphatic heterocycles. The van der Waals surface area contributed by atoms with Crippen molar-refractivity contribution in [2.24, 2.45) is 0 Å². The fraction of sp³-hybridized carbons (Fsp3) is 0.150. The van der Waals surface area contributed by atoms with Gasteiger partial charge in [-0.05, 0) is 12.1 Å². The van der Waals surface area contributed by atoms with E-state index >= 15 is 0 Å². The number of fused-ring (bicyclic) bond motifs is 1. The summed E-state index contributed by atoms with van der Waals surface area (Å²) >= 11 is 0. The third-order valence-electron chi connectivity index (χ3n) is 4.23. The summed E-state index contributed by atoms with van der Waals surface area (Å²) in [6, 6.07) is 15.6. The molecule has 3 rings (SSSR count). The highest BCUT2D eigenvalue weighted by atomic mass is 16.6. The molecule has 3 aromatic rings. The van der Waals surface area contributed by atoms with Crippen LogP contribution in [0.4, 0.5) is 5.69 Å². The Hall–Kier alpha value is -3.81. The molecule has 8 nitrogen and oxygen atoms in total. The van der Waals surface area contributed by atoms with Crippen LogP contribution in [0.25, 0.3) is 10.9 Å². The zero-order valence-corrected chi connectivity index (χ0v) is 15.0. The van der Waals surface area contributed by atoms with Crippen LogP contribution in [0.3, 0.4) is 0 Å². The van der Waals surface area contributed by atoms with Gasteiger partial charge in [-0.2, -0.15) is 0 Å². The van der Waals surface area contributed by atoms with Gasteiger partial charge in [0.2, 0.25) is 0 Å². The molecular formula is C20H17N3O5. The summed E-state index contributed by atoms with van der Waals surface area (Å²) in [5.74, 6) is -1.27. The summed E-state index contributed by atoms with van der Waals surface area (Å²) in [5.41, 5.74) is 0.961. The Labute approximate surface area is 160 Å². The number of carbonyl (C=O) groups is 2. The van der Waals surface area contributed by atoms with Crippen molar-refractivity contribution in [2.75, 3.05) is 7.11 Å². The second kappa shape index (κ2) is 8.26. The minimum atomic E-state index is -1.09. The van der Waals surface area contributed by atoms with Crippen molar-refractivity contribution < 1.29 is 19.2 Å². The molecule has 1 atom stereocenters. The number of esters is 1. The molecule has 0 aliphatic rings. The number of carbonyl (C=O) groups excluding carboxylic acids is 2. The normalized spacial score (nSPS) is 11.6. The van der Waals surface area contributed by atoms with Gasteiger partial charge in [-0.25, -0.2) is 9.78 Å². The van der Waals surface area contributed by atoms with E-state index in [0.717, 1.165) is 5.39 Å². The highest BCUT2D eigenvalue weighted by molar-refractivity contribution is 5.97. The first-order valence-corrected chi connectivity index (χ1v) is 8.46. The molecule has 0 aliphatic carbocycles. The van der Waals surface area contributed by atoms with Crippen LogP contribution in [-0.2, 0) is 16.0 Å². The van der Waals surface area contributed by atoms with Gasteiger partial charge in [0.25, 0.3) is 11.6 Å². The second-order valence-electron chi connectivity index (χ2n) is 6.03. The largest absolute Gasteiger partial charge is 0.467 e. The summed E-state index contributed by atoms with van der Waals surface area (Å²) in [7, 11) is 1.19. The summed E-state index contributed by atoms with van der Waals surface area (Å²) in [6.07, 6.45) is -0.0802. The maximum atomic E-state index is 12.6. The van der Waals surface area contributed by atoms with E-state index in [4.69, 9.17) is 4.74 Å². The summed E-state index contributed by atoms with van der Waals surface area (Å²) in [6.45, 7) is 0. The number of nitrogens with zero attached hydrogens (tertiary/aromatic N) is 2. The lowest BCUT2D eigenvalue weighted by atomic mass is 10.0. The summed E-state index contributed by atoms with van der Waals surface area (Å²) in [5, 5.41) is 14.6.